The smallest absolute Gasteiger partial charge is 0.453 e. The molecule has 0 aliphatic carbocycles. The zero-order valence-corrected chi connectivity index (χ0v) is 10.0. The van der Waals surface area contributed by atoms with E-state index in [1.54, 1.807) is 13.8 Å². The quantitative estimate of drug-likeness (QED) is 0.757. The molecule has 1 atom stereocenters. The highest BCUT2D eigenvalue weighted by Crippen LogP contribution is 2.39. The molecule has 1 unspecified atom stereocenters. The van der Waals surface area contributed by atoms with E-state index in [4.69, 9.17) is 5.11 Å². The summed E-state index contributed by atoms with van der Waals surface area (Å²) >= 11 is 0.601. The number of aliphatic carboxylic acids is 1. The van der Waals surface area contributed by atoms with Gasteiger partial charge in [-0.2, -0.15) is 22.0 Å². The van der Waals surface area contributed by atoms with E-state index < -0.39 is 35.5 Å². The molecule has 102 valence electrons. The van der Waals surface area contributed by atoms with Crippen LogP contribution in [-0.2, 0) is 4.79 Å². The predicted molar refractivity (Wildman–Crippen MR) is 54.3 cm³/mol. The van der Waals surface area contributed by atoms with Crippen LogP contribution in [0.2, 0.25) is 0 Å². The molecular formula is C9H13F5O2S. The minimum atomic E-state index is -5.58. The average molecular weight is 280 g/mol. The van der Waals surface area contributed by atoms with E-state index >= 15 is 0 Å². The van der Waals surface area contributed by atoms with E-state index in [1.165, 1.54) is 0 Å². The van der Waals surface area contributed by atoms with Gasteiger partial charge in [0.1, 0.15) is 5.25 Å². The molecule has 0 aromatic heterocycles. The maximum absolute atomic E-state index is 12.5. The van der Waals surface area contributed by atoms with Crippen LogP contribution in [0.4, 0.5) is 22.0 Å². The van der Waals surface area contributed by atoms with Crippen LogP contribution in [0.1, 0.15) is 20.3 Å². The Balaban J connectivity index is 4.27. The highest BCUT2D eigenvalue weighted by atomic mass is 32.2. The molecule has 8 heteroatoms. The van der Waals surface area contributed by atoms with Crippen LogP contribution in [-0.4, -0.2) is 34.2 Å². The van der Waals surface area contributed by atoms with Crippen molar-refractivity contribution in [3.05, 3.63) is 0 Å². The van der Waals surface area contributed by atoms with Crippen LogP contribution >= 0.6 is 11.8 Å². The summed E-state index contributed by atoms with van der Waals surface area (Å²) in [6, 6.07) is 0. The molecule has 0 aromatic carbocycles. The zero-order valence-electron chi connectivity index (χ0n) is 9.22. The Morgan fingerprint density at radius 3 is 2.00 bits per heavy atom. The summed E-state index contributed by atoms with van der Waals surface area (Å²) in [5.41, 5.74) is 0. The first-order valence-corrected chi connectivity index (χ1v) is 5.83. The van der Waals surface area contributed by atoms with Crippen molar-refractivity contribution >= 4 is 17.7 Å². The lowest BCUT2D eigenvalue weighted by molar-refractivity contribution is -0.282. The molecule has 0 aromatic rings. The summed E-state index contributed by atoms with van der Waals surface area (Å²) < 4.78 is 60.4. The second-order valence-corrected chi connectivity index (χ2v) is 5.08. The minimum Gasteiger partial charge on any atom is -0.480 e. The van der Waals surface area contributed by atoms with Crippen molar-refractivity contribution in [2.24, 2.45) is 5.92 Å². The largest absolute Gasteiger partial charge is 0.480 e. The summed E-state index contributed by atoms with van der Waals surface area (Å²) in [7, 11) is 0. The fourth-order valence-electron chi connectivity index (χ4n) is 1.00. The van der Waals surface area contributed by atoms with Crippen LogP contribution in [0.5, 0.6) is 0 Å². The van der Waals surface area contributed by atoms with Crippen LogP contribution in [0.15, 0.2) is 0 Å². The minimum absolute atomic E-state index is 0.336. The summed E-state index contributed by atoms with van der Waals surface area (Å²) in [4.78, 5) is 10.7. The Morgan fingerprint density at radius 2 is 1.71 bits per heavy atom. The number of carbonyl (C=O) groups is 1. The molecule has 0 aliphatic heterocycles. The summed E-state index contributed by atoms with van der Waals surface area (Å²) in [5, 5.41) is 7.73. The van der Waals surface area contributed by atoms with E-state index in [9.17, 15) is 26.7 Å². The first-order chi connectivity index (χ1) is 7.49. The van der Waals surface area contributed by atoms with Crippen LogP contribution in [0.3, 0.4) is 0 Å². The number of carboxylic acid groups (broad SMARTS) is 1. The standard InChI is InChI=1S/C9H13F5O2S/c1-5(2)6(7(15)16)17-4-3-8(10,11)9(12,13)14/h5-6H,3-4H2,1-2H3,(H,15,16). The van der Waals surface area contributed by atoms with Crippen molar-refractivity contribution in [1.82, 2.24) is 0 Å². The van der Waals surface area contributed by atoms with Gasteiger partial charge in [-0.25, -0.2) is 0 Å². The monoisotopic (exact) mass is 280 g/mol. The maximum atomic E-state index is 12.5. The Hall–Kier alpha value is -0.530. The lowest BCUT2D eigenvalue weighted by Crippen LogP contribution is -2.37. The summed E-state index contributed by atoms with van der Waals surface area (Å²) in [6.45, 7) is 3.13. The molecule has 0 amide bonds. The van der Waals surface area contributed by atoms with E-state index in [0.29, 0.717) is 11.8 Å². The van der Waals surface area contributed by atoms with Gasteiger partial charge in [-0.15, -0.1) is 11.8 Å². The Morgan fingerprint density at radius 1 is 1.24 bits per heavy atom. The maximum Gasteiger partial charge on any atom is 0.453 e. The second-order valence-electron chi connectivity index (χ2n) is 3.83. The van der Waals surface area contributed by atoms with Crippen LogP contribution in [0.25, 0.3) is 0 Å². The molecule has 0 saturated carbocycles. The predicted octanol–water partition coefficient (Wildman–Crippen LogP) is 3.42. The number of carboxylic acids is 1. The van der Waals surface area contributed by atoms with E-state index in [1.807, 2.05) is 0 Å². The van der Waals surface area contributed by atoms with E-state index in [0.717, 1.165) is 0 Å². The molecule has 0 radical (unpaired) electrons. The van der Waals surface area contributed by atoms with E-state index in [-0.39, 0.29) is 5.92 Å². The normalized spacial score (nSPS) is 15.1. The Kier molecular flexibility index (Phi) is 5.70. The number of hydrogen-bond donors (Lipinski definition) is 1. The highest BCUT2D eigenvalue weighted by molar-refractivity contribution is 8.00. The topological polar surface area (TPSA) is 37.3 Å². The van der Waals surface area contributed by atoms with Gasteiger partial charge in [0.2, 0.25) is 0 Å². The van der Waals surface area contributed by atoms with Crippen LogP contribution in [0, 0.1) is 5.92 Å². The molecule has 17 heavy (non-hydrogen) atoms. The number of alkyl halides is 5. The van der Waals surface area contributed by atoms with Crippen molar-refractivity contribution < 1.29 is 31.9 Å². The number of rotatable bonds is 6. The van der Waals surface area contributed by atoms with Crippen molar-refractivity contribution in [3.63, 3.8) is 0 Å². The third-order valence-electron chi connectivity index (χ3n) is 1.98. The fourth-order valence-corrected chi connectivity index (χ4v) is 2.16. The van der Waals surface area contributed by atoms with Gasteiger partial charge in [-0.05, 0) is 5.92 Å². The number of hydrogen-bond acceptors (Lipinski definition) is 2. The molecule has 0 bridgehead atoms. The van der Waals surface area contributed by atoms with E-state index in [2.05, 4.69) is 0 Å². The number of halogens is 5. The Labute approximate surface area is 99.6 Å². The van der Waals surface area contributed by atoms with Crippen molar-refractivity contribution in [1.29, 1.82) is 0 Å². The first-order valence-electron chi connectivity index (χ1n) is 4.78. The lowest BCUT2D eigenvalue weighted by atomic mass is 10.1. The fraction of sp³-hybridized carbons (Fsp3) is 0.889. The SMILES string of the molecule is CC(C)C(SCCC(F)(F)C(F)(F)F)C(=O)O. The third kappa shape index (κ3) is 5.10. The molecule has 2 nitrogen and oxygen atoms in total. The van der Waals surface area contributed by atoms with Gasteiger partial charge < -0.3 is 5.11 Å². The van der Waals surface area contributed by atoms with Gasteiger partial charge >= 0.3 is 18.1 Å². The lowest BCUT2D eigenvalue weighted by Gasteiger charge is -2.21. The third-order valence-corrected chi connectivity index (χ3v) is 3.52. The van der Waals surface area contributed by atoms with Gasteiger partial charge in [0.25, 0.3) is 0 Å². The van der Waals surface area contributed by atoms with Gasteiger partial charge in [-0.1, -0.05) is 13.8 Å². The zero-order chi connectivity index (χ0) is 13.9. The molecule has 0 saturated heterocycles. The van der Waals surface area contributed by atoms with Gasteiger partial charge in [0, 0.05) is 12.2 Å². The summed E-state index contributed by atoms with van der Waals surface area (Å²) in [6.07, 6.45) is -6.98. The molecular weight excluding hydrogens is 267 g/mol. The van der Waals surface area contributed by atoms with Gasteiger partial charge in [-0.3, -0.25) is 4.79 Å². The van der Waals surface area contributed by atoms with Crippen molar-refractivity contribution in [3.8, 4) is 0 Å². The molecule has 0 fully saturated rings. The van der Waals surface area contributed by atoms with Crippen molar-refractivity contribution in [2.45, 2.75) is 37.6 Å². The average Bonchev–Trinajstić information content (AvgIpc) is 2.08. The van der Waals surface area contributed by atoms with Gasteiger partial charge in [0.15, 0.2) is 0 Å². The summed E-state index contributed by atoms with van der Waals surface area (Å²) in [5.74, 6) is -6.86. The second kappa shape index (κ2) is 5.88. The molecule has 1 N–H and O–H groups in total. The highest BCUT2D eigenvalue weighted by Gasteiger charge is 2.56. The van der Waals surface area contributed by atoms with Crippen LogP contribution < -0.4 is 0 Å². The molecule has 0 aliphatic rings. The van der Waals surface area contributed by atoms with Crippen molar-refractivity contribution in [2.75, 3.05) is 5.75 Å². The first kappa shape index (κ1) is 16.5. The molecule has 0 heterocycles. The van der Waals surface area contributed by atoms with Gasteiger partial charge in [0.05, 0.1) is 0 Å². The molecule has 0 rings (SSSR count). The number of thioether (sulfide) groups is 1. The Bertz CT molecular complexity index is 265. The molecule has 0 spiro atoms.